The summed E-state index contributed by atoms with van der Waals surface area (Å²) in [6.07, 6.45) is 9.84. The minimum atomic E-state index is -1.58. The SMILES string of the molecule is CCN(CC)CC#CCOC(=O)C(O)(c1ccccc1)C1CCCCC1.CCN(CC)CC#CCOC(=O)C(O)(c1ccccc1)C1CCCCC1. The first-order chi connectivity index (χ1) is 25.2. The molecule has 2 aromatic rings. The fraction of sp³-hybridized carbons (Fsp3) is 0.591. The van der Waals surface area contributed by atoms with E-state index < -0.39 is 23.1 Å². The van der Waals surface area contributed by atoms with E-state index in [0.29, 0.717) is 24.2 Å². The Kier molecular flexibility index (Phi) is 19.0. The summed E-state index contributed by atoms with van der Waals surface area (Å²) < 4.78 is 10.8. The highest BCUT2D eigenvalue weighted by molar-refractivity contribution is 5.82. The summed E-state index contributed by atoms with van der Waals surface area (Å²) in [5, 5.41) is 22.7. The van der Waals surface area contributed by atoms with E-state index in [2.05, 4.69) is 61.2 Å². The van der Waals surface area contributed by atoms with Crippen molar-refractivity contribution in [2.75, 3.05) is 52.5 Å². The van der Waals surface area contributed by atoms with Crippen LogP contribution in [-0.4, -0.2) is 84.4 Å². The second kappa shape index (κ2) is 23.1. The predicted octanol–water partition coefficient (Wildman–Crippen LogP) is 6.69. The van der Waals surface area contributed by atoms with E-state index in [0.717, 1.165) is 90.4 Å². The molecule has 8 heteroatoms. The number of esters is 2. The second-order valence-electron chi connectivity index (χ2n) is 13.7. The van der Waals surface area contributed by atoms with Crippen LogP contribution >= 0.6 is 0 Å². The number of carbonyl (C=O) groups excluding carboxylic acids is 2. The highest BCUT2D eigenvalue weighted by atomic mass is 16.6. The number of hydrogen-bond acceptors (Lipinski definition) is 8. The third-order valence-electron chi connectivity index (χ3n) is 10.6. The summed E-state index contributed by atoms with van der Waals surface area (Å²) in [5.41, 5.74) is -1.93. The number of ether oxygens (including phenoxy) is 2. The molecule has 2 aromatic carbocycles. The van der Waals surface area contributed by atoms with Gasteiger partial charge in [-0.15, -0.1) is 0 Å². The van der Waals surface area contributed by atoms with Crippen LogP contribution < -0.4 is 0 Å². The molecule has 0 spiro atoms. The highest BCUT2D eigenvalue weighted by Crippen LogP contribution is 2.41. The van der Waals surface area contributed by atoms with Gasteiger partial charge in [0.25, 0.3) is 0 Å². The van der Waals surface area contributed by atoms with Crippen LogP contribution in [0.2, 0.25) is 0 Å². The quantitative estimate of drug-likeness (QED) is 0.165. The van der Waals surface area contributed by atoms with E-state index in [-0.39, 0.29) is 25.0 Å². The molecule has 0 bridgehead atoms. The van der Waals surface area contributed by atoms with Crippen LogP contribution in [0.5, 0.6) is 0 Å². The molecule has 2 atom stereocenters. The summed E-state index contributed by atoms with van der Waals surface area (Å²) in [7, 11) is 0. The lowest BCUT2D eigenvalue weighted by Gasteiger charge is -2.36. The summed E-state index contributed by atoms with van der Waals surface area (Å²) >= 11 is 0. The smallest absolute Gasteiger partial charge is 0.344 e. The maximum absolute atomic E-state index is 12.8. The standard InChI is InChI=1S/2C22H31NO3/c2*1-3-23(4-2)17-11-12-18-26-21(24)22(25,19-13-7-5-8-14-19)20-15-9-6-10-16-20/h2*5,7-8,13-14,20,25H,3-4,6,9-10,15-18H2,1-2H3. The van der Waals surface area contributed by atoms with Crippen LogP contribution in [0.15, 0.2) is 60.7 Å². The molecule has 52 heavy (non-hydrogen) atoms. The molecule has 2 aliphatic rings. The van der Waals surface area contributed by atoms with Crippen molar-refractivity contribution in [1.82, 2.24) is 9.80 Å². The largest absolute Gasteiger partial charge is 0.450 e. The number of hydrogen-bond donors (Lipinski definition) is 2. The van der Waals surface area contributed by atoms with Crippen molar-refractivity contribution in [3.05, 3.63) is 71.8 Å². The van der Waals surface area contributed by atoms with Crippen LogP contribution in [-0.2, 0) is 30.3 Å². The molecule has 0 heterocycles. The van der Waals surface area contributed by atoms with Gasteiger partial charge in [-0.25, -0.2) is 9.59 Å². The van der Waals surface area contributed by atoms with Crippen molar-refractivity contribution in [3.63, 3.8) is 0 Å². The van der Waals surface area contributed by atoms with Crippen LogP contribution in [0.1, 0.15) is 103 Å². The number of nitrogens with zero attached hydrogens (tertiary/aromatic N) is 2. The first-order valence-electron chi connectivity index (χ1n) is 19.5. The lowest BCUT2D eigenvalue weighted by Crippen LogP contribution is -2.45. The molecule has 2 aliphatic carbocycles. The molecule has 8 nitrogen and oxygen atoms in total. The van der Waals surface area contributed by atoms with Crippen molar-refractivity contribution in [1.29, 1.82) is 0 Å². The van der Waals surface area contributed by atoms with Crippen molar-refractivity contribution in [2.45, 2.75) is 103 Å². The van der Waals surface area contributed by atoms with Crippen LogP contribution in [0.25, 0.3) is 0 Å². The maximum Gasteiger partial charge on any atom is 0.344 e. The van der Waals surface area contributed by atoms with E-state index >= 15 is 0 Å². The van der Waals surface area contributed by atoms with Gasteiger partial charge in [-0.1, -0.05) is 151 Å². The summed E-state index contributed by atoms with van der Waals surface area (Å²) in [6, 6.07) is 18.4. The monoisotopic (exact) mass is 714 g/mol. The first-order valence-corrected chi connectivity index (χ1v) is 19.5. The lowest BCUT2D eigenvalue weighted by molar-refractivity contribution is -0.174. The molecular weight excluding hydrogens is 652 g/mol. The summed E-state index contributed by atoms with van der Waals surface area (Å²) in [4.78, 5) is 30.0. The molecule has 0 radical (unpaired) electrons. The van der Waals surface area contributed by atoms with Crippen LogP contribution in [0.3, 0.4) is 0 Å². The van der Waals surface area contributed by atoms with E-state index in [9.17, 15) is 19.8 Å². The number of aliphatic hydroxyl groups is 2. The number of carbonyl (C=O) groups is 2. The average molecular weight is 715 g/mol. The van der Waals surface area contributed by atoms with Crippen molar-refractivity contribution in [3.8, 4) is 23.7 Å². The van der Waals surface area contributed by atoms with Gasteiger partial charge in [0.1, 0.15) is 0 Å². The normalized spacial score (nSPS) is 17.2. The number of benzene rings is 2. The molecule has 2 N–H and O–H groups in total. The zero-order valence-corrected chi connectivity index (χ0v) is 32.1. The minimum Gasteiger partial charge on any atom is -0.450 e. The van der Waals surface area contributed by atoms with Gasteiger partial charge >= 0.3 is 11.9 Å². The molecule has 4 rings (SSSR count). The van der Waals surface area contributed by atoms with Gasteiger partial charge in [-0.05, 0) is 63.0 Å². The van der Waals surface area contributed by atoms with Gasteiger partial charge in [0.05, 0.1) is 13.1 Å². The maximum atomic E-state index is 12.8. The van der Waals surface area contributed by atoms with Gasteiger partial charge in [0.15, 0.2) is 24.4 Å². The first kappa shape index (κ1) is 42.8. The van der Waals surface area contributed by atoms with Gasteiger partial charge in [-0.2, -0.15) is 0 Å². The Bertz CT molecular complexity index is 1330. The van der Waals surface area contributed by atoms with Crippen LogP contribution in [0, 0.1) is 35.5 Å². The van der Waals surface area contributed by atoms with Crippen LogP contribution in [0.4, 0.5) is 0 Å². The Hall–Kier alpha value is -3.66. The van der Waals surface area contributed by atoms with E-state index in [1.165, 1.54) is 0 Å². The molecule has 2 fully saturated rings. The van der Waals surface area contributed by atoms with E-state index in [4.69, 9.17) is 9.47 Å². The Morgan fingerprint density at radius 2 is 0.904 bits per heavy atom. The Balaban J connectivity index is 0.000000280. The third-order valence-corrected chi connectivity index (χ3v) is 10.6. The Morgan fingerprint density at radius 3 is 1.21 bits per heavy atom. The highest BCUT2D eigenvalue weighted by Gasteiger charge is 2.48. The van der Waals surface area contributed by atoms with E-state index in [1.54, 1.807) is 0 Å². The Morgan fingerprint density at radius 1 is 0.577 bits per heavy atom. The summed E-state index contributed by atoms with van der Waals surface area (Å²) in [5.74, 6) is 10.5. The van der Waals surface area contributed by atoms with Crippen molar-refractivity contribution in [2.24, 2.45) is 11.8 Å². The predicted molar refractivity (Wildman–Crippen MR) is 207 cm³/mol. The van der Waals surface area contributed by atoms with Gasteiger partial charge in [0.2, 0.25) is 0 Å². The molecule has 284 valence electrons. The second-order valence-corrected chi connectivity index (χ2v) is 13.7. The zero-order chi connectivity index (χ0) is 37.7. The molecule has 2 unspecified atom stereocenters. The Labute approximate surface area is 313 Å². The van der Waals surface area contributed by atoms with Crippen molar-refractivity contribution < 1.29 is 29.3 Å². The zero-order valence-electron chi connectivity index (χ0n) is 32.1. The summed E-state index contributed by atoms with van der Waals surface area (Å²) in [6.45, 7) is 13.5. The minimum absolute atomic E-state index is 0.0158. The van der Waals surface area contributed by atoms with Gasteiger partial charge < -0.3 is 19.7 Å². The average Bonchev–Trinajstić information content (AvgIpc) is 3.21. The molecule has 0 aliphatic heterocycles. The van der Waals surface area contributed by atoms with E-state index in [1.807, 2.05) is 60.7 Å². The third kappa shape index (κ3) is 12.2. The van der Waals surface area contributed by atoms with Gasteiger partial charge in [-0.3, -0.25) is 9.80 Å². The molecule has 0 amide bonds. The molecule has 0 aromatic heterocycles. The molecular formula is C44H62N2O6. The lowest BCUT2D eigenvalue weighted by atomic mass is 9.73. The fourth-order valence-corrected chi connectivity index (χ4v) is 7.22. The van der Waals surface area contributed by atoms with Gasteiger partial charge in [0, 0.05) is 11.8 Å². The topological polar surface area (TPSA) is 99.5 Å². The molecule has 2 saturated carbocycles. The fourth-order valence-electron chi connectivity index (χ4n) is 7.22. The molecule has 0 saturated heterocycles. The number of rotatable bonds is 14. The van der Waals surface area contributed by atoms with Crippen molar-refractivity contribution >= 4 is 11.9 Å².